The molecule has 2 aromatic heterocycles. The van der Waals surface area contributed by atoms with Gasteiger partial charge in [0.2, 0.25) is 0 Å². The van der Waals surface area contributed by atoms with Gasteiger partial charge in [0.15, 0.2) is 11.5 Å². The number of aromatic amines is 1. The molecule has 0 amide bonds. The second-order valence-electron chi connectivity index (χ2n) is 3.93. The maximum atomic E-state index is 13.7. The van der Waals surface area contributed by atoms with E-state index >= 15 is 0 Å². The third-order valence-electron chi connectivity index (χ3n) is 2.60. The van der Waals surface area contributed by atoms with Gasteiger partial charge in [-0.3, -0.25) is 0 Å². The van der Waals surface area contributed by atoms with Gasteiger partial charge in [0, 0.05) is 0 Å². The van der Waals surface area contributed by atoms with Crippen LogP contribution in [0.4, 0.5) is 15.9 Å². The van der Waals surface area contributed by atoms with Crippen molar-refractivity contribution in [3.63, 3.8) is 0 Å². The van der Waals surface area contributed by atoms with Crippen LogP contribution >= 0.6 is 0 Å². The highest BCUT2D eigenvalue weighted by atomic mass is 19.1. The van der Waals surface area contributed by atoms with Crippen molar-refractivity contribution in [1.29, 1.82) is 0 Å². The van der Waals surface area contributed by atoms with Gasteiger partial charge < -0.3 is 10.3 Å². The Labute approximate surface area is 102 Å². The fourth-order valence-electron chi connectivity index (χ4n) is 1.71. The molecule has 0 bridgehead atoms. The van der Waals surface area contributed by atoms with Gasteiger partial charge in [0.1, 0.15) is 17.7 Å². The lowest BCUT2D eigenvalue weighted by Gasteiger charge is -2.07. The largest absolute Gasteiger partial charge is 0.340 e. The number of anilines is 2. The molecule has 2 N–H and O–H groups in total. The highest BCUT2D eigenvalue weighted by Gasteiger charge is 2.08. The van der Waals surface area contributed by atoms with Gasteiger partial charge in [-0.15, -0.1) is 0 Å². The standard InChI is InChI=1S/C12H10FN5/c1-7-2-3-9(8(13)4-7)18-12-10-11(15-5-14-10)16-6-17-12/h2-6H,1H3,(H2,14,15,16,17,18). The molecule has 0 aliphatic rings. The van der Waals surface area contributed by atoms with E-state index in [0.717, 1.165) is 5.56 Å². The second-order valence-corrected chi connectivity index (χ2v) is 3.93. The molecule has 0 radical (unpaired) electrons. The van der Waals surface area contributed by atoms with E-state index in [1.807, 2.05) is 13.0 Å². The number of aromatic nitrogens is 4. The molecule has 0 fully saturated rings. The molecular weight excluding hydrogens is 233 g/mol. The molecule has 0 aliphatic heterocycles. The van der Waals surface area contributed by atoms with Crippen LogP contribution in [0, 0.1) is 12.7 Å². The van der Waals surface area contributed by atoms with E-state index in [1.54, 1.807) is 6.07 Å². The van der Waals surface area contributed by atoms with E-state index in [4.69, 9.17) is 0 Å². The molecule has 3 rings (SSSR count). The average Bonchev–Trinajstić information content (AvgIpc) is 2.82. The number of aryl methyl sites for hydroxylation is 1. The SMILES string of the molecule is Cc1ccc(Nc2ncnc3nc[nH]c23)c(F)c1. The minimum absolute atomic E-state index is 0.318. The molecule has 5 nitrogen and oxygen atoms in total. The van der Waals surface area contributed by atoms with E-state index < -0.39 is 0 Å². The summed E-state index contributed by atoms with van der Waals surface area (Å²) in [6.07, 6.45) is 2.91. The van der Waals surface area contributed by atoms with Crippen molar-refractivity contribution in [2.75, 3.05) is 5.32 Å². The van der Waals surface area contributed by atoms with Crippen LogP contribution in [-0.4, -0.2) is 19.9 Å². The highest BCUT2D eigenvalue weighted by molar-refractivity contribution is 5.84. The van der Waals surface area contributed by atoms with Gasteiger partial charge in [0.05, 0.1) is 12.0 Å². The van der Waals surface area contributed by atoms with Crippen LogP contribution in [0.25, 0.3) is 11.2 Å². The molecule has 0 saturated carbocycles. The summed E-state index contributed by atoms with van der Waals surface area (Å²) >= 11 is 0. The Balaban J connectivity index is 2.03. The Hall–Kier alpha value is -2.50. The lowest BCUT2D eigenvalue weighted by atomic mass is 10.2. The number of hydrogen-bond donors (Lipinski definition) is 2. The van der Waals surface area contributed by atoms with Crippen molar-refractivity contribution in [3.8, 4) is 0 Å². The Bertz CT molecular complexity index is 707. The molecule has 90 valence electrons. The van der Waals surface area contributed by atoms with Crippen LogP contribution in [0.1, 0.15) is 5.56 Å². The van der Waals surface area contributed by atoms with Gasteiger partial charge >= 0.3 is 0 Å². The topological polar surface area (TPSA) is 66.5 Å². The van der Waals surface area contributed by atoms with Crippen LogP contribution in [0.2, 0.25) is 0 Å². The maximum absolute atomic E-state index is 13.7. The first-order chi connectivity index (χ1) is 8.74. The summed E-state index contributed by atoms with van der Waals surface area (Å²) in [6.45, 7) is 1.84. The Kier molecular flexibility index (Phi) is 2.40. The van der Waals surface area contributed by atoms with Gasteiger partial charge in [0.25, 0.3) is 0 Å². The average molecular weight is 243 g/mol. The Morgan fingerprint density at radius 1 is 1.22 bits per heavy atom. The monoisotopic (exact) mass is 243 g/mol. The molecule has 18 heavy (non-hydrogen) atoms. The first-order valence-electron chi connectivity index (χ1n) is 5.41. The number of nitrogens with zero attached hydrogens (tertiary/aromatic N) is 3. The normalized spacial score (nSPS) is 10.8. The molecule has 2 heterocycles. The number of rotatable bonds is 2. The van der Waals surface area contributed by atoms with E-state index in [1.165, 1.54) is 18.7 Å². The number of imidazole rings is 1. The zero-order valence-electron chi connectivity index (χ0n) is 9.61. The summed E-state index contributed by atoms with van der Waals surface area (Å²) < 4.78 is 13.7. The Morgan fingerprint density at radius 3 is 2.94 bits per heavy atom. The number of fused-ring (bicyclic) bond motifs is 1. The summed E-state index contributed by atoms with van der Waals surface area (Å²) in [4.78, 5) is 15.0. The van der Waals surface area contributed by atoms with Crippen molar-refractivity contribution in [1.82, 2.24) is 19.9 Å². The molecule has 0 aliphatic carbocycles. The first-order valence-corrected chi connectivity index (χ1v) is 5.41. The minimum Gasteiger partial charge on any atom is -0.340 e. The lowest BCUT2D eigenvalue weighted by molar-refractivity contribution is 0.630. The summed E-state index contributed by atoms with van der Waals surface area (Å²) in [5.41, 5.74) is 2.43. The number of H-pyrrole nitrogens is 1. The molecule has 3 aromatic rings. The van der Waals surface area contributed by atoms with Crippen molar-refractivity contribution >= 4 is 22.7 Å². The predicted octanol–water partition coefficient (Wildman–Crippen LogP) is 2.54. The number of hydrogen-bond acceptors (Lipinski definition) is 4. The van der Waals surface area contributed by atoms with Crippen LogP contribution in [-0.2, 0) is 0 Å². The molecule has 6 heteroatoms. The number of halogens is 1. The lowest BCUT2D eigenvalue weighted by Crippen LogP contribution is -1.98. The molecule has 1 aromatic carbocycles. The third kappa shape index (κ3) is 1.77. The molecule has 0 atom stereocenters. The van der Waals surface area contributed by atoms with Crippen molar-refractivity contribution in [2.45, 2.75) is 6.92 Å². The van der Waals surface area contributed by atoms with Gasteiger partial charge in [-0.25, -0.2) is 19.3 Å². The van der Waals surface area contributed by atoms with E-state index in [0.29, 0.717) is 22.7 Å². The summed E-state index contributed by atoms with van der Waals surface area (Å²) in [5.74, 6) is 0.182. The summed E-state index contributed by atoms with van der Waals surface area (Å²) in [6, 6.07) is 4.97. The zero-order valence-corrected chi connectivity index (χ0v) is 9.61. The fourth-order valence-corrected chi connectivity index (χ4v) is 1.71. The quantitative estimate of drug-likeness (QED) is 0.725. The van der Waals surface area contributed by atoms with Crippen molar-refractivity contribution < 1.29 is 4.39 Å². The van der Waals surface area contributed by atoms with Crippen molar-refractivity contribution in [3.05, 3.63) is 42.2 Å². The maximum Gasteiger partial charge on any atom is 0.182 e. The molecular formula is C12H10FN5. The summed E-state index contributed by atoms with van der Waals surface area (Å²) in [7, 11) is 0. The van der Waals surface area contributed by atoms with Gasteiger partial charge in [-0.1, -0.05) is 6.07 Å². The first kappa shape index (κ1) is 10.6. The molecule has 0 saturated heterocycles. The molecule has 0 unspecified atom stereocenters. The Morgan fingerprint density at radius 2 is 2.11 bits per heavy atom. The highest BCUT2D eigenvalue weighted by Crippen LogP contribution is 2.22. The predicted molar refractivity (Wildman–Crippen MR) is 66.1 cm³/mol. The van der Waals surface area contributed by atoms with Crippen LogP contribution in [0.3, 0.4) is 0 Å². The second kappa shape index (κ2) is 4.06. The van der Waals surface area contributed by atoms with Crippen LogP contribution in [0.5, 0.6) is 0 Å². The number of nitrogens with one attached hydrogen (secondary N) is 2. The third-order valence-corrected chi connectivity index (χ3v) is 2.60. The molecule has 0 spiro atoms. The zero-order chi connectivity index (χ0) is 12.5. The minimum atomic E-state index is -0.318. The van der Waals surface area contributed by atoms with E-state index in [-0.39, 0.29) is 5.82 Å². The van der Waals surface area contributed by atoms with Crippen LogP contribution < -0.4 is 5.32 Å². The fraction of sp³-hybridized carbons (Fsp3) is 0.0833. The van der Waals surface area contributed by atoms with Gasteiger partial charge in [-0.2, -0.15) is 0 Å². The van der Waals surface area contributed by atoms with Gasteiger partial charge in [-0.05, 0) is 24.6 Å². The smallest absolute Gasteiger partial charge is 0.182 e. The summed E-state index contributed by atoms with van der Waals surface area (Å²) in [5, 5.41) is 2.93. The number of benzene rings is 1. The van der Waals surface area contributed by atoms with Crippen LogP contribution in [0.15, 0.2) is 30.9 Å². The van der Waals surface area contributed by atoms with Crippen molar-refractivity contribution in [2.24, 2.45) is 0 Å². The van der Waals surface area contributed by atoms with E-state index in [9.17, 15) is 4.39 Å². The van der Waals surface area contributed by atoms with E-state index in [2.05, 4.69) is 25.3 Å².